The van der Waals surface area contributed by atoms with Crippen LogP contribution < -0.4 is 11.2 Å². The van der Waals surface area contributed by atoms with E-state index in [0.717, 1.165) is 4.57 Å². The van der Waals surface area contributed by atoms with Gasteiger partial charge < -0.3 is 14.2 Å². The summed E-state index contributed by atoms with van der Waals surface area (Å²) in [6.07, 6.45) is 1.28. The molecule has 0 radical (unpaired) electrons. The fourth-order valence-electron chi connectivity index (χ4n) is 2.48. The molecule has 0 aliphatic carbocycles. The fraction of sp³-hybridized carbons (Fsp3) is 0.692. The molecule has 1 aliphatic heterocycles. The van der Waals surface area contributed by atoms with Crippen LogP contribution in [0.15, 0.2) is 15.8 Å². The van der Waals surface area contributed by atoms with Crippen molar-refractivity contribution in [3.63, 3.8) is 0 Å². The number of nitrogens with zero attached hydrogens (tertiary/aromatic N) is 2. The van der Waals surface area contributed by atoms with Crippen LogP contribution in [0.3, 0.4) is 0 Å². The highest BCUT2D eigenvalue weighted by atomic mass is 16.6. The van der Waals surface area contributed by atoms with E-state index in [2.05, 4.69) is 0 Å². The fourth-order valence-corrected chi connectivity index (χ4v) is 2.48. The Bertz CT molecular complexity index is 591. The standard InChI is InChI=1S/C13H20N2O5/c1-8-6-15(13(17)14(2)12(8)16)11-5-9(19-4)10(20-11)7-18-3/h6,9-11H,5,7H2,1-4H3/t9-,10-,11+/m0/s1. The Balaban J connectivity index is 2.34. The highest BCUT2D eigenvalue weighted by Gasteiger charge is 2.37. The van der Waals surface area contributed by atoms with Gasteiger partial charge in [0.2, 0.25) is 0 Å². The van der Waals surface area contributed by atoms with Crippen LogP contribution in [-0.2, 0) is 21.3 Å². The maximum absolute atomic E-state index is 12.2. The van der Waals surface area contributed by atoms with Crippen molar-refractivity contribution < 1.29 is 14.2 Å². The van der Waals surface area contributed by atoms with Gasteiger partial charge in [0.1, 0.15) is 12.3 Å². The lowest BCUT2D eigenvalue weighted by atomic mass is 10.2. The van der Waals surface area contributed by atoms with Gasteiger partial charge in [-0.2, -0.15) is 0 Å². The molecular formula is C13H20N2O5. The van der Waals surface area contributed by atoms with Crippen molar-refractivity contribution in [2.45, 2.75) is 31.8 Å². The molecule has 0 unspecified atom stereocenters. The molecule has 0 saturated carbocycles. The van der Waals surface area contributed by atoms with E-state index in [1.54, 1.807) is 21.1 Å². The Labute approximate surface area is 116 Å². The number of ether oxygens (including phenoxy) is 3. The molecule has 7 heteroatoms. The molecule has 20 heavy (non-hydrogen) atoms. The molecule has 0 bridgehead atoms. The largest absolute Gasteiger partial charge is 0.382 e. The third-order valence-corrected chi connectivity index (χ3v) is 3.61. The van der Waals surface area contributed by atoms with Crippen LogP contribution in [0.5, 0.6) is 0 Å². The predicted octanol–water partition coefficient (Wildman–Crippen LogP) is -0.196. The SMILES string of the molecule is COC[C@@H]1O[C@@H](n2cc(C)c(=O)n(C)c2=O)C[C@@H]1OC. The van der Waals surface area contributed by atoms with Gasteiger partial charge in [-0.15, -0.1) is 0 Å². The summed E-state index contributed by atoms with van der Waals surface area (Å²) in [4.78, 5) is 23.9. The number of rotatable bonds is 4. The Hall–Kier alpha value is -1.44. The first kappa shape index (κ1) is 15.0. The van der Waals surface area contributed by atoms with Gasteiger partial charge >= 0.3 is 5.69 Å². The first-order chi connectivity index (χ1) is 9.49. The summed E-state index contributed by atoms with van der Waals surface area (Å²) < 4.78 is 18.8. The first-order valence-corrected chi connectivity index (χ1v) is 6.45. The normalized spacial score (nSPS) is 26.1. The van der Waals surface area contributed by atoms with E-state index >= 15 is 0 Å². The molecule has 0 spiro atoms. The van der Waals surface area contributed by atoms with E-state index in [4.69, 9.17) is 14.2 Å². The second-order valence-corrected chi connectivity index (χ2v) is 4.96. The third kappa shape index (κ3) is 2.56. The summed E-state index contributed by atoms with van der Waals surface area (Å²) in [7, 11) is 4.66. The molecule has 1 aliphatic rings. The Morgan fingerprint density at radius 3 is 2.70 bits per heavy atom. The zero-order chi connectivity index (χ0) is 14.9. The number of hydrogen-bond acceptors (Lipinski definition) is 5. The van der Waals surface area contributed by atoms with Crippen molar-refractivity contribution in [1.29, 1.82) is 0 Å². The van der Waals surface area contributed by atoms with Crippen molar-refractivity contribution in [3.8, 4) is 0 Å². The second-order valence-electron chi connectivity index (χ2n) is 4.96. The predicted molar refractivity (Wildman–Crippen MR) is 71.9 cm³/mol. The first-order valence-electron chi connectivity index (χ1n) is 6.45. The van der Waals surface area contributed by atoms with Crippen LogP contribution in [0.1, 0.15) is 18.2 Å². The monoisotopic (exact) mass is 284 g/mol. The molecular weight excluding hydrogens is 264 g/mol. The van der Waals surface area contributed by atoms with Gasteiger partial charge in [0, 0.05) is 39.4 Å². The van der Waals surface area contributed by atoms with Gasteiger partial charge in [-0.25, -0.2) is 4.79 Å². The van der Waals surface area contributed by atoms with Gasteiger partial charge in [0.15, 0.2) is 0 Å². The van der Waals surface area contributed by atoms with Crippen molar-refractivity contribution in [3.05, 3.63) is 32.6 Å². The lowest BCUT2D eigenvalue weighted by Crippen LogP contribution is -2.40. The Morgan fingerprint density at radius 2 is 2.10 bits per heavy atom. The highest BCUT2D eigenvalue weighted by molar-refractivity contribution is 5.03. The van der Waals surface area contributed by atoms with E-state index in [1.165, 1.54) is 17.8 Å². The minimum Gasteiger partial charge on any atom is -0.382 e. The van der Waals surface area contributed by atoms with E-state index in [9.17, 15) is 9.59 Å². The zero-order valence-corrected chi connectivity index (χ0v) is 12.2. The van der Waals surface area contributed by atoms with Crippen LogP contribution in [0.4, 0.5) is 0 Å². The smallest absolute Gasteiger partial charge is 0.332 e. The minimum absolute atomic E-state index is 0.135. The van der Waals surface area contributed by atoms with Crippen molar-refractivity contribution in [2.24, 2.45) is 7.05 Å². The molecule has 3 atom stereocenters. The zero-order valence-electron chi connectivity index (χ0n) is 12.2. The average molecular weight is 284 g/mol. The van der Waals surface area contributed by atoms with Crippen LogP contribution >= 0.6 is 0 Å². The minimum atomic E-state index is -0.446. The van der Waals surface area contributed by atoms with Crippen LogP contribution in [0.25, 0.3) is 0 Å². The van der Waals surface area contributed by atoms with Crippen molar-refractivity contribution in [1.82, 2.24) is 9.13 Å². The Morgan fingerprint density at radius 1 is 1.40 bits per heavy atom. The van der Waals surface area contributed by atoms with Gasteiger partial charge in [0.25, 0.3) is 5.56 Å². The van der Waals surface area contributed by atoms with Gasteiger partial charge in [-0.1, -0.05) is 0 Å². The molecule has 1 aromatic heterocycles. The number of methoxy groups -OCH3 is 2. The second kappa shape index (κ2) is 5.90. The number of aryl methyl sites for hydroxylation is 1. The molecule has 0 aromatic carbocycles. The number of hydrogen-bond donors (Lipinski definition) is 0. The molecule has 2 rings (SSSR count). The van der Waals surface area contributed by atoms with Crippen LogP contribution in [0.2, 0.25) is 0 Å². The summed E-state index contributed by atoms with van der Waals surface area (Å²) in [5.74, 6) is 0. The molecule has 0 amide bonds. The molecule has 1 fully saturated rings. The third-order valence-electron chi connectivity index (χ3n) is 3.61. The molecule has 112 valence electrons. The van der Waals surface area contributed by atoms with E-state index < -0.39 is 11.9 Å². The summed E-state index contributed by atoms with van der Waals surface area (Å²) in [6, 6.07) is 0. The van der Waals surface area contributed by atoms with Crippen molar-refractivity contribution in [2.75, 3.05) is 20.8 Å². The lowest BCUT2D eigenvalue weighted by molar-refractivity contribution is -0.0621. The lowest BCUT2D eigenvalue weighted by Gasteiger charge is -2.17. The van der Waals surface area contributed by atoms with Gasteiger partial charge in [-0.05, 0) is 6.92 Å². The van der Waals surface area contributed by atoms with Gasteiger partial charge in [-0.3, -0.25) is 13.9 Å². The highest BCUT2D eigenvalue weighted by Crippen LogP contribution is 2.29. The summed E-state index contributed by atoms with van der Waals surface area (Å²) in [6.45, 7) is 2.07. The molecule has 2 heterocycles. The Kier molecular flexibility index (Phi) is 4.42. The molecule has 1 aromatic rings. The topological polar surface area (TPSA) is 71.7 Å². The average Bonchev–Trinajstić information content (AvgIpc) is 2.84. The number of aromatic nitrogens is 2. The van der Waals surface area contributed by atoms with Crippen LogP contribution in [-0.4, -0.2) is 42.2 Å². The summed E-state index contributed by atoms with van der Waals surface area (Å²) >= 11 is 0. The van der Waals surface area contributed by atoms with E-state index in [-0.39, 0.29) is 17.8 Å². The van der Waals surface area contributed by atoms with E-state index in [0.29, 0.717) is 18.6 Å². The maximum atomic E-state index is 12.2. The molecule has 7 nitrogen and oxygen atoms in total. The molecule has 0 N–H and O–H groups in total. The quantitative estimate of drug-likeness (QED) is 0.766. The van der Waals surface area contributed by atoms with Crippen LogP contribution in [0, 0.1) is 6.92 Å². The van der Waals surface area contributed by atoms with Gasteiger partial charge in [0.05, 0.1) is 12.7 Å². The summed E-state index contributed by atoms with van der Waals surface area (Å²) in [5.41, 5.74) is -0.181. The van der Waals surface area contributed by atoms with E-state index in [1.807, 2.05) is 0 Å². The summed E-state index contributed by atoms with van der Waals surface area (Å²) in [5, 5.41) is 0. The maximum Gasteiger partial charge on any atom is 0.332 e. The van der Waals surface area contributed by atoms with Crippen molar-refractivity contribution >= 4 is 0 Å². The molecule has 1 saturated heterocycles.